The topological polar surface area (TPSA) is 226 Å². The Morgan fingerprint density at radius 1 is 1.20 bits per heavy atom. The maximum absolute atomic E-state index is 13.1. The molecule has 7 N–H and O–H groups in total. The lowest BCUT2D eigenvalue weighted by atomic mass is 9.87. The number of aromatic amines is 1. The summed E-state index contributed by atoms with van der Waals surface area (Å²) in [5.74, 6) is -2.05. The zero-order valence-corrected chi connectivity index (χ0v) is 26.9. The van der Waals surface area contributed by atoms with Crippen molar-refractivity contribution in [2.24, 2.45) is 21.9 Å². The van der Waals surface area contributed by atoms with Crippen LogP contribution >= 0.6 is 0 Å². The normalized spacial score (nSPS) is 22.8. The Morgan fingerprint density at radius 3 is 2.46 bits per heavy atom. The third kappa shape index (κ3) is 8.24. The molecule has 46 heavy (non-hydrogen) atoms. The average Bonchev–Trinajstić information content (AvgIpc) is 3.59. The highest BCUT2D eigenvalue weighted by molar-refractivity contribution is 6.01. The fraction of sp³-hybridized carbons (Fsp3) is 0.500. The summed E-state index contributed by atoms with van der Waals surface area (Å²) >= 11 is 0. The van der Waals surface area contributed by atoms with Crippen molar-refractivity contribution in [1.82, 2.24) is 4.98 Å². The van der Waals surface area contributed by atoms with Crippen molar-refractivity contribution in [2.75, 3.05) is 13.2 Å². The predicted octanol–water partition coefficient (Wildman–Crippen LogP) is -0.280. The number of rotatable bonds is 11. The lowest BCUT2D eigenvalue weighted by molar-refractivity contribution is -0.309. The van der Waals surface area contributed by atoms with Gasteiger partial charge in [0.05, 0.1) is 12.1 Å². The van der Waals surface area contributed by atoms with Gasteiger partial charge in [0.25, 0.3) is 5.84 Å². The molecule has 0 saturated carbocycles. The first-order valence-electron chi connectivity index (χ1n) is 14.8. The number of carbonyl (C=O) groups excluding carboxylic acids is 3. The minimum atomic E-state index is -2.13. The zero-order valence-electron chi connectivity index (χ0n) is 26.9. The number of benzene rings is 1. The minimum absolute atomic E-state index is 0.00220. The lowest BCUT2D eigenvalue weighted by Crippen LogP contribution is -2.76. The number of aromatic nitrogens is 1. The van der Waals surface area contributed by atoms with E-state index in [0.717, 1.165) is 6.34 Å². The number of aliphatic hydroxyl groups excluding tert-OH is 1. The molecule has 2 heterocycles. The standard InChI is InChI=1S/C32H42N6O8/c1-7-44-31(5,6)29(42)38-27(36-18-34)20-13-14-22(37-20)32(17-33)26(40)24(45-28(41)25(35)30(2,3)4)21(46-32)16-43-23(39)15-19-11-9-8-10-12-19/h8-14,18,21,24-26,37,40H,7,15-16,35H2,1-6H3,(H2,34,36,38,42)/p+1/t21-,24-,25-,26-,32+/m1/s1. The second-order valence-corrected chi connectivity index (χ2v) is 12.3. The van der Waals surface area contributed by atoms with E-state index >= 15 is 0 Å². The highest BCUT2D eigenvalue weighted by Gasteiger charge is 2.59. The molecule has 2 aromatic rings. The Hall–Kier alpha value is -4.42. The fourth-order valence-corrected chi connectivity index (χ4v) is 4.66. The van der Waals surface area contributed by atoms with Crippen LogP contribution in [0.15, 0.2) is 47.5 Å². The van der Waals surface area contributed by atoms with Gasteiger partial charge in [-0.2, -0.15) is 5.26 Å². The van der Waals surface area contributed by atoms with E-state index in [2.05, 4.69) is 15.0 Å². The van der Waals surface area contributed by atoms with Crippen LogP contribution in [0.2, 0.25) is 0 Å². The van der Waals surface area contributed by atoms with Gasteiger partial charge >= 0.3 is 17.8 Å². The summed E-state index contributed by atoms with van der Waals surface area (Å²) in [5.41, 5.74) is 8.60. The number of aliphatic hydroxyl groups is 1. The van der Waals surface area contributed by atoms with Crippen molar-refractivity contribution < 1.29 is 43.4 Å². The number of nitrogens with one attached hydrogen (secondary N) is 2. The first-order valence-corrected chi connectivity index (χ1v) is 14.8. The highest BCUT2D eigenvalue weighted by atomic mass is 16.6. The molecule has 1 amide bonds. The van der Waals surface area contributed by atoms with Crippen LogP contribution in [0.25, 0.3) is 0 Å². The Morgan fingerprint density at radius 2 is 1.87 bits per heavy atom. The van der Waals surface area contributed by atoms with Crippen LogP contribution in [0.4, 0.5) is 0 Å². The molecule has 1 aromatic heterocycles. The molecule has 0 spiro atoms. The number of carbonyl (C=O) groups is 3. The molecule has 1 aliphatic heterocycles. The fourth-order valence-electron chi connectivity index (χ4n) is 4.66. The van der Waals surface area contributed by atoms with Crippen molar-refractivity contribution in [3.05, 3.63) is 59.4 Å². The monoisotopic (exact) mass is 639 g/mol. The van der Waals surface area contributed by atoms with Gasteiger partial charge in [-0.05, 0) is 43.9 Å². The molecule has 248 valence electrons. The molecule has 14 heteroatoms. The van der Waals surface area contributed by atoms with Gasteiger partial charge in [-0.1, -0.05) is 56.1 Å². The van der Waals surface area contributed by atoms with Gasteiger partial charge in [0, 0.05) is 6.61 Å². The summed E-state index contributed by atoms with van der Waals surface area (Å²) in [6.45, 7) is 9.96. The smallest absolute Gasteiger partial charge is 0.347 e. The second-order valence-electron chi connectivity index (χ2n) is 12.3. The molecule has 3 rings (SSSR count). The first-order chi connectivity index (χ1) is 21.6. The number of H-pyrrole nitrogens is 1. The summed E-state index contributed by atoms with van der Waals surface area (Å²) in [5, 5.41) is 22.0. The number of ether oxygens (including phenoxy) is 4. The van der Waals surface area contributed by atoms with Gasteiger partial charge in [-0.15, -0.1) is 0 Å². The van der Waals surface area contributed by atoms with Gasteiger partial charge < -0.3 is 40.5 Å². The van der Waals surface area contributed by atoms with E-state index in [4.69, 9.17) is 30.4 Å². The van der Waals surface area contributed by atoms with Crippen LogP contribution in [-0.2, 0) is 45.4 Å². The van der Waals surface area contributed by atoms with Crippen LogP contribution in [0.1, 0.15) is 58.5 Å². The van der Waals surface area contributed by atoms with Crippen LogP contribution in [0.3, 0.4) is 0 Å². The van der Waals surface area contributed by atoms with Crippen molar-refractivity contribution in [3.8, 4) is 6.07 Å². The number of amidine groups is 1. The number of esters is 2. The molecule has 1 saturated heterocycles. The quantitative estimate of drug-likeness (QED) is 0.122. The molecule has 0 bridgehead atoms. The Balaban J connectivity index is 1.96. The minimum Gasteiger partial charge on any atom is -0.463 e. The van der Waals surface area contributed by atoms with Gasteiger partial charge in [0.1, 0.15) is 36.6 Å². The number of hydrogen-bond donors (Lipinski definition) is 5. The van der Waals surface area contributed by atoms with E-state index < -0.39 is 65.4 Å². The first kappa shape index (κ1) is 36.1. The van der Waals surface area contributed by atoms with Gasteiger partial charge in [-0.25, -0.2) is 9.79 Å². The number of nitriles is 1. The Labute approximate surface area is 267 Å². The predicted molar refractivity (Wildman–Crippen MR) is 166 cm³/mol. The molecular formula is C32H43N6O8+. The number of hydrogen-bond acceptors (Lipinski definition) is 10. The molecule has 1 fully saturated rings. The number of nitrogens with two attached hydrogens (primary N) is 2. The van der Waals surface area contributed by atoms with Crippen molar-refractivity contribution in [2.45, 2.75) is 83.5 Å². The number of amides is 1. The van der Waals surface area contributed by atoms with E-state index in [1.807, 2.05) is 12.1 Å². The van der Waals surface area contributed by atoms with Crippen LogP contribution < -0.4 is 16.5 Å². The van der Waals surface area contributed by atoms with Crippen LogP contribution in [-0.4, -0.2) is 83.3 Å². The average molecular weight is 640 g/mol. The zero-order chi connectivity index (χ0) is 34.3. The maximum atomic E-state index is 13.1. The van der Waals surface area contributed by atoms with E-state index in [9.17, 15) is 24.8 Å². The van der Waals surface area contributed by atoms with Crippen molar-refractivity contribution >= 4 is 30.0 Å². The summed E-state index contributed by atoms with van der Waals surface area (Å²) < 4.78 is 22.7. The summed E-state index contributed by atoms with van der Waals surface area (Å²) in [6.07, 6.45) is -3.44. The van der Waals surface area contributed by atoms with Gasteiger partial charge in [0.2, 0.25) is 5.60 Å². The third-order valence-corrected chi connectivity index (χ3v) is 7.43. The summed E-state index contributed by atoms with van der Waals surface area (Å²) in [7, 11) is 0. The maximum Gasteiger partial charge on any atom is 0.347 e. The van der Waals surface area contributed by atoms with Crippen LogP contribution in [0, 0.1) is 16.7 Å². The van der Waals surface area contributed by atoms with Crippen molar-refractivity contribution in [1.29, 1.82) is 5.26 Å². The number of aliphatic imine (C=N–C) groups is 1. The van der Waals surface area contributed by atoms with Crippen LogP contribution in [0.5, 0.6) is 0 Å². The molecule has 14 nitrogen and oxygen atoms in total. The molecule has 5 atom stereocenters. The molecule has 0 unspecified atom stereocenters. The molecular weight excluding hydrogens is 596 g/mol. The second kappa shape index (κ2) is 14.8. The summed E-state index contributed by atoms with van der Waals surface area (Å²) in [6, 6.07) is 12.7. The van der Waals surface area contributed by atoms with E-state index in [-0.39, 0.29) is 30.3 Å². The highest BCUT2D eigenvalue weighted by Crippen LogP contribution is 2.41. The molecule has 0 radical (unpaired) electrons. The molecule has 0 aliphatic carbocycles. The number of nitrogens with zero attached hydrogens (tertiary/aromatic N) is 2. The van der Waals surface area contributed by atoms with E-state index in [1.165, 1.54) is 12.1 Å². The Kier molecular flexibility index (Phi) is 11.6. The largest absolute Gasteiger partial charge is 0.463 e. The van der Waals surface area contributed by atoms with Gasteiger partial charge in [0.15, 0.2) is 18.0 Å². The molecule has 1 aliphatic rings. The third-order valence-electron chi connectivity index (χ3n) is 7.43. The van der Waals surface area contributed by atoms with Gasteiger partial charge in [-0.3, -0.25) is 9.59 Å². The molecule has 1 aromatic carbocycles. The summed E-state index contributed by atoms with van der Waals surface area (Å²) in [4.78, 5) is 48.3. The lowest BCUT2D eigenvalue weighted by Gasteiger charge is -2.28. The SMILES string of the molecule is CCOC(C)(C)C(=O)N=C([NH+]=CN)c1ccc([C@]2(C#N)O[C@H](COC(=O)Cc3ccccc3)[C@@H](OC(=O)[C@@H](N)C(C)(C)C)[C@H]2O)[nH]1. The van der Waals surface area contributed by atoms with E-state index in [1.54, 1.807) is 65.8 Å². The van der Waals surface area contributed by atoms with E-state index in [0.29, 0.717) is 5.56 Å². The van der Waals surface area contributed by atoms with Crippen molar-refractivity contribution in [3.63, 3.8) is 0 Å². The Bertz CT molecular complexity index is 1490.